The van der Waals surface area contributed by atoms with Crippen LogP contribution in [0.25, 0.3) is 6.08 Å². The molecule has 4 aliphatic rings. The van der Waals surface area contributed by atoms with Gasteiger partial charge >= 0.3 is 167 Å². The van der Waals surface area contributed by atoms with Gasteiger partial charge in [0.25, 0.3) is 0 Å². The summed E-state index contributed by atoms with van der Waals surface area (Å²) in [7, 11) is 13.3. The minimum absolute atomic E-state index is 0.0810. The topological polar surface area (TPSA) is 18.5 Å². The van der Waals surface area contributed by atoms with E-state index < -0.39 is 13.5 Å². The van der Waals surface area contributed by atoms with Crippen molar-refractivity contribution in [2.75, 3.05) is 9.91 Å². The van der Waals surface area contributed by atoms with Crippen LogP contribution in [0.1, 0.15) is 107 Å². The average Bonchev–Trinajstić information content (AvgIpc) is 3.63. The quantitative estimate of drug-likeness (QED) is 0.148. The Labute approximate surface area is 327 Å². The normalized spacial score (nSPS) is 22.7. The van der Waals surface area contributed by atoms with Crippen molar-refractivity contribution in [1.82, 2.24) is 5.43 Å². The molecule has 8 rings (SSSR count). The van der Waals surface area contributed by atoms with Crippen molar-refractivity contribution in [2.24, 2.45) is 0 Å². The molecule has 1 heterocycles. The number of hydrazine groups is 1. The van der Waals surface area contributed by atoms with Gasteiger partial charge in [-0.25, -0.2) is 0 Å². The molecule has 1 saturated heterocycles. The molecule has 0 radical (unpaired) electrons. The molecule has 4 aromatic rings. The van der Waals surface area contributed by atoms with E-state index in [0.29, 0.717) is 0 Å². The summed E-state index contributed by atoms with van der Waals surface area (Å²) in [4.78, 5) is 2.21. The van der Waals surface area contributed by atoms with Crippen LogP contribution in [0.2, 0.25) is 0 Å². The van der Waals surface area contributed by atoms with E-state index in [1.165, 1.54) is 69.8 Å². The number of benzene rings is 4. The van der Waals surface area contributed by atoms with E-state index in [0.717, 1.165) is 38.3 Å². The van der Waals surface area contributed by atoms with Crippen LogP contribution >= 0.6 is 27.3 Å². The van der Waals surface area contributed by atoms with Gasteiger partial charge in [-0.2, -0.15) is 0 Å². The Morgan fingerprint density at radius 2 is 1.08 bits per heavy atom. The van der Waals surface area contributed by atoms with Crippen molar-refractivity contribution in [3.8, 4) is 0 Å². The van der Waals surface area contributed by atoms with Crippen LogP contribution in [-0.2, 0) is 13.5 Å². The molecule has 2 atom stereocenters. The zero-order chi connectivity index (χ0) is 35.5. The average molecular weight is 840 g/mol. The summed E-state index contributed by atoms with van der Waals surface area (Å²) < 4.78 is 0.921. The first-order valence-electron chi connectivity index (χ1n) is 19.6. The molecule has 3 aliphatic carbocycles. The summed E-state index contributed by atoms with van der Waals surface area (Å²) in [5, 5.41) is 2.03. The number of anilines is 2. The Morgan fingerprint density at radius 1 is 0.577 bits per heavy atom. The first kappa shape index (κ1) is 38.0. The number of halogens is 2. The summed E-state index contributed by atoms with van der Waals surface area (Å²) >= 11 is -2.24. The van der Waals surface area contributed by atoms with E-state index >= 15 is 0 Å². The second-order valence-electron chi connectivity index (χ2n) is 14.7. The van der Waals surface area contributed by atoms with Gasteiger partial charge in [0.1, 0.15) is 0 Å². The Bertz CT molecular complexity index is 1710. The van der Waals surface area contributed by atoms with Gasteiger partial charge in [-0.1, -0.05) is 94.8 Å². The Kier molecular flexibility index (Phi) is 14.1. The molecular formula is C45H54Cl2N3PRu. The van der Waals surface area contributed by atoms with Crippen LogP contribution in [0.4, 0.5) is 11.4 Å². The molecule has 52 heavy (non-hydrogen) atoms. The third kappa shape index (κ3) is 9.48. The number of rotatable bonds is 7. The maximum atomic E-state index is 6.57. The molecule has 4 fully saturated rings. The van der Waals surface area contributed by atoms with Gasteiger partial charge in [0.2, 0.25) is 0 Å². The van der Waals surface area contributed by atoms with Crippen molar-refractivity contribution in [1.29, 1.82) is 0 Å². The van der Waals surface area contributed by atoms with Crippen LogP contribution in [-0.4, -0.2) is 21.3 Å². The zero-order valence-corrected chi connectivity index (χ0v) is 34.4. The number of nitrogens with zero attached hydrogens (tertiary/aromatic N) is 2. The van der Waals surface area contributed by atoms with Crippen LogP contribution in [0.3, 0.4) is 0 Å². The number of hydrogen-bond donors (Lipinski definition) is 1. The minimum atomic E-state index is -2.24. The summed E-state index contributed by atoms with van der Waals surface area (Å²) in [6.07, 6.45) is 23.6. The summed E-state index contributed by atoms with van der Waals surface area (Å²) in [5.74, 6) is 0. The third-order valence-corrected chi connectivity index (χ3v) is 18.1. The predicted molar refractivity (Wildman–Crippen MR) is 224 cm³/mol. The van der Waals surface area contributed by atoms with Crippen molar-refractivity contribution < 1.29 is 13.5 Å². The molecule has 276 valence electrons. The summed E-state index contributed by atoms with van der Waals surface area (Å²) in [5.41, 5.74) is 13.2. The monoisotopic (exact) mass is 839 g/mol. The fourth-order valence-corrected chi connectivity index (χ4v) is 16.3. The molecule has 3 saturated carbocycles. The van der Waals surface area contributed by atoms with Crippen molar-refractivity contribution in [3.63, 3.8) is 0 Å². The SMILES string of the molecule is C(=C1CCCCC1P(C1CCCCC1)C1CCCCC1)c1ccccc1.[Cl][Ru]([Cl])=[C]1N(c2ccccc2)NC(c2ccccc2)N1c1ccccc1. The second kappa shape index (κ2) is 19.3. The van der Waals surface area contributed by atoms with Crippen LogP contribution in [0.15, 0.2) is 127 Å². The first-order valence-corrected chi connectivity index (χ1v) is 26.5. The zero-order valence-electron chi connectivity index (χ0n) is 30.3. The van der Waals surface area contributed by atoms with E-state index in [2.05, 4.69) is 83.1 Å². The molecule has 0 spiro atoms. The van der Waals surface area contributed by atoms with Gasteiger partial charge in [0.15, 0.2) is 0 Å². The Hall–Kier alpha value is -2.32. The van der Waals surface area contributed by atoms with Gasteiger partial charge in [-0.3, -0.25) is 0 Å². The van der Waals surface area contributed by atoms with Gasteiger partial charge in [-0.15, -0.1) is 0 Å². The number of nitrogens with one attached hydrogen (secondary N) is 1. The molecule has 1 N–H and O–H groups in total. The summed E-state index contributed by atoms with van der Waals surface area (Å²) in [6.45, 7) is 0. The third-order valence-electron chi connectivity index (χ3n) is 11.3. The predicted octanol–water partition coefficient (Wildman–Crippen LogP) is 13.4. The van der Waals surface area contributed by atoms with Crippen LogP contribution in [0.5, 0.6) is 0 Å². The van der Waals surface area contributed by atoms with E-state index in [1.54, 1.807) is 25.7 Å². The molecule has 7 heteroatoms. The van der Waals surface area contributed by atoms with Gasteiger partial charge < -0.3 is 0 Å². The van der Waals surface area contributed by atoms with Crippen molar-refractivity contribution in [3.05, 3.63) is 138 Å². The van der Waals surface area contributed by atoms with E-state index in [9.17, 15) is 0 Å². The number of hydrogen-bond acceptors (Lipinski definition) is 3. The van der Waals surface area contributed by atoms with Gasteiger partial charge in [-0.05, 0) is 61.8 Å². The van der Waals surface area contributed by atoms with Gasteiger partial charge in [0.05, 0.1) is 0 Å². The van der Waals surface area contributed by atoms with Crippen molar-refractivity contribution in [2.45, 2.75) is 113 Å². The molecule has 4 aromatic carbocycles. The Morgan fingerprint density at radius 3 is 1.63 bits per heavy atom. The second-order valence-corrected chi connectivity index (χ2v) is 23.3. The molecule has 1 aliphatic heterocycles. The van der Waals surface area contributed by atoms with Crippen molar-refractivity contribution >= 4 is 49.1 Å². The first-order chi connectivity index (χ1) is 25.7. The van der Waals surface area contributed by atoms with E-state index in [4.69, 9.17) is 19.4 Å². The Balaban J connectivity index is 0.000000162. The molecule has 2 unspecified atom stereocenters. The summed E-state index contributed by atoms with van der Waals surface area (Å²) in [6, 6.07) is 41.8. The van der Waals surface area contributed by atoms with Crippen LogP contribution < -0.4 is 15.3 Å². The number of para-hydroxylation sites is 2. The van der Waals surface area contributed by atoms with E-state index in [-0.39, 0.29) is 14.1 Å². The molecule has 0 aromatic heterocycles. The molecule has 3 nitrogen and oxygen atoms in total. The molecule has 0 bridgehead atoms. The maximum absolute atomic E-state index is 6.57. The fraction of sp³-hybridized carbons (Fsp3) is 0.400. The molecule has 0 amide bonds. The number of allylic oxidation sites excluding steroid dienone is 1. The van der Waals surface area contributed by atoms with E-state index in [1.807, 2.05) is 65.2 Å². The molecular weight excluding hydrogens is 785 g/mol. The van der Waals surface area contributed by atoms with Crippen LogP contribution in [0, 0.1) is 0 Å². The van der Waals surface area contributed by atoms with Gasteiger partial charge in [0, 0.05) is 5.66 Å². The fourth-order valence-electron chi connectivity index (χ4n) is 8.88. The standard InChI is InChI=1S/C25H37P.C20H17N3.2ClH.Ru/c1-4-12-21(13-5-1)20-22-14-10-11-19-25(22)26(23-15-6-2-7-16-23)24-17-8-3-9-18-24;1-4-10-17(11-5-1)20-21-23(19-14-8-3-9-15-19)16-22(20)18-12-6-2-7-13-18;;;/h1,4-5,12-13,20,23-25H,2-3,6-11,14-19H2;1-15,20-21H;2*1H;/q;;;;+2/p-2.